The highest BCUT2D eigenvalue weighted by atomic mass is 79.9. The lowest BCUT2D eigenvalue weighted by molar-refractivity contribution is 0.0689. The van der Waals surface area contributed by atoms with Crippen LogP contribution < -0.4 is 9.47 Å². The van der Waals surface area contributed by atoms with E-state index in [1.165, 1.54) is 10.7 Å². The molecule has 1 aliphatic heterocycles. The summed E-state index contributed by atoms with van der Waals surface area (Å²) < 4.78 is 14.1. The highest BCUT2D eigenvalue weighted by Gasteiger charge is 2.26. The first kappa shape index (κ1) is 15.9. The second-order valence-corrected chi connectivity index (χ2v) is 7.22. The number of nitrogens with zero attached hydrogens (tertiary/aromatic N) is 2. The van der Waals surface area contributed by atoms with Gasteiger partial charge in [0.1, 0.15) is 0 Å². The quantitative estimate of drug-likeness (QED) is 0.864. The molecule has 1 N–H and O–H groups in total. The Morgan fingerprint density at radius 2 is 1.87 bits per heavy atom. The zero-order chi connectivity index (χ0) is 16.8. The maximum absolute atomic E-state index is 11.1. The number of aromatic carboxylic acids is 1. The SMILES string of the molecule is Cn1nc(C(=O)O)cc1-c1cc2c(cc1Br)OCC(C)(C)CO2. The molecule has 0 saturated heterocycles. The number of rotatable bonds is 2. The van der Waals surface area contributed by atoms with Crippen molar-refractivity contribution in [3.63, 3.8) is 0 Å². The van der Waals surface area contributed by atoms with Crippen LogP contribution in [0.4, 0.5) is 0 Å². The molecule has 7 heteroatoms. The van der Waals surface area contributed by atoms with Gasteiger partial charge in [0.15, 0.2) is 17.2 Å². The third kappa shape index (κ3) is 3.06. The van der Waals surface area contributed by atoms with E-state index in [9.17, 15) is 4.79 Å². The summed E-state index contributed by atoms with van der Waals surface area (Å²) >= 11 is 3.52. The van der Waals surface area contributed by atoms with E-state index in [4.69, 9.17) is 14.6 Å². The van der Waals surface area contributed by atoms with Gasteiger partial charge in [-0.25, -0.2) is 4.79 Å². The van der Waals surface area contributed by atoms with E-state index in [-0.39, 0.29) is 11.1 Å². The van der Waals surface area contributed by atoms with Crippen molar-refractivity contribution in [2.75, 3.05) is 13.2 Å². The van der Waals surface area contributed by atoms with E-state index in [0.717, 1.165) is 10.0 Å². The molecule has 0 saturated carbocycles. The van der Waals surface area contributed by atoms with E-state index in [1.807, 2.05) is 12.1 Å². The van der Waals surface area contributed by atoms with Gasteiger partial charge in [-0.05, 0) is 34.1 Å². The summed E-state index contributed by atoms with van der Waals surface area (Å²) in [6.45, 7) is 5.28. The smallest absolute Gasteiger partial charge is 0.356 e. The lowest BCUT2D eigenvalue weighted by Crippen LogP contribution is -2.26. The molecule has 2 aromatic rings. The number of ether oxygens (including phenoxy) is 2. The summed E-state index contributed by atoms with van der Waals surface area (Å²) in [5.74, 6) is 0.262. The van der Waals surface area contributed by atoms with Gasteiger partial charge < -0.3 is 14.6 Å². The van der Waals surface area contributed by atoms with Crippen molar-refractivity contribution in [2.24, 2.45) is 12.5 Å². The number of fused-ring (bicyclic) bond motifs is 1. The Bertz CT molecular complexity index is 783. The fourth-order valence-corrected chi connectivity index (χ4v) is 2.89. The average Bonchev–Trinajstić information content (AvgIpc) is 2.79. The monoisotopic (exact) mass is 380 g/mol. The standard InChI is InChI=1S/C16H17BrN2O4/c1-16(2)7-22-13-4-9(10(17)5-14(13)23-8-16)12-6-11(15(20)21)18-19(12)3/h4-6H,7-8H2,1-3H3,(H,20,21). The summed E-state index contributed by atoms with van der Waals surface area (Å²) in [7, 11) is 1.71. The van der Waals surface area contributed by atoms with Crippen molar-refractivity contribution in [3.8, 4) is 22.8 Å². The second-order valence-electron chi connectivity index (χ2n) is 6.36. The number of carboxylic acids is 1. The summed E-state index contributed by atoms with van der Waals surface area (Å²) in [4.78, 5) is 11.1. The van der Waals surface area contributed by atoms with E-state index in [2.05, 4.69) is 34.9 Å². The summed E-state index contributed by atoms with van der Waals surface area (Å²) in [5, 5.41) is 13.1. The number of halogens is 1. The molecule has 0 amide bonds. The molecule has 0 spiro atoms. The van der Waals surface area contributed by atoms with E-state index < -0.39 is 5.97 Å². The molecule has 0 radical (unpaired) electrons. The van der Waals surface area contributed by atoms with Crippen LogP contribution in [0.5, 0.6) is 11.5 Å². The van der Waals surface area contributed by atoms with Gasteiger partial charge in [0.25, 0.3) is 0 Å². The lowest BCUT2D eigenvalue weighted by atomic mass is 9.97. The molecule has 23 heavy (non-hydrogen) atoms. The van der Waals surface area contributed by atoms with Crippen LogP contribution in [0.25, 0.3) is 11.3 Å². The van der Waals surface area contributed by atoms with E-state index in [1.54, 1.807) is 7.05 Å². The van der Waals surface area contributed by atoms with Crippen LogP contribution in [0.1, 0.15) is 24.3 Å². The Kier molecular flexibility index (Phi) is 3.83. The molecular weight excluding hydrogens is 364 g/mol. The maximum atomic E-state index is 11.1. The molecule has 0 aliphatic carbocycles. The van der Waals surface area contributed by atoms with Crippen LogP contribution in [-0.4, -0.2) is 34.1 Å². The van der Waals surface area contributed by atoms with Crippen LogP contribution in [0.15, 0.2) is 22.7 Å². The van der Waals surface area contributed by atoms with E-state index >= 15 is 0 Å². The number of benzene rings is 1. The fourth-order valence-electron chi connectivity index (χ4n) is 2.37. The van der Waals surface area contributed by atoms with Crippen LogP contribution in [0, 0.1) is 5.41 Å². The minimum atomic E-state index is -1.06. The molecule has 1 aromatic carbocycles. The van der Waals surface area contributed by atoms with Gasteiger partial charge in [-0.2, -0.15) is 5.10 Å². The van der Waals surface area contributed by atoms with Crippen LogP contribution in [0.2, 0.25) is 0 Å². The Morgan fingerprint density at radius 1 is 1.26 bits per heavy atom. The Labute approximate surface area is 142 Å². The number of hydrogen-bond donors (Lipinski definition) is 1. The highest BCUT2D eigenvalue weighted by Crippen LogP contribution is 2.41. The first-order valence-electron chi connectivity index (χ1n) is 7.14. The van der Waals surface area contributed by atoms with Gasteiger partial charge >= 0.3 is 5.97 Å². The van der Waals surface area contributed by atoms with Gasteiger partial charge in [-0.3, -0.25) is 4.68 Å². The second kappa shape index (κ2) is 5.56. The van der Waals surface area contributed by atoms with Gasteiger partial charge in [0, 0.05) is 22.5 Å². The third-order valence-corrected chi connectivity index (χ3v) is 4.30. The Morgan fingerprint density at radius 3 is 2.43 bits per heavy atom. The summed E-state index contributed by atoms with van der Waals surface area (Å²) in [5.41, 5.74) is 1.41. The molecule has 0 atom stereocenters. The molecule has 1 aromatic heterocycles. The molecule has 0 unspecified atom stereocenters. The van der Waals surface area contributed by atoms with Gasteiger partial charge in [-0.15, -0.1) is 0 Å². The normalized spacial score (nSPS) is 16.0. The zero-order valence-electron chi connectivity index (χ0n) is 13.1. The first-order valence-corrected chi connectivity index (χ1v) is 7.93. The largest absolute Gasteiger partial charge is 0.489 e. The Balaban J connectivity index is 2.06. The molecule has 122 valence electrons. The van der Waals surface area contributed by atoms with Crippen molar-refractivity contribution in [1.82, 2.24) is 9.78 Å². The number of carbonyl (C=O) groups is 1. The van der Waals surface area contributed by atoms with Crippen molar-refractivity contribution in [3.05, 3.63) is 28.4 Å². The zero-order valence-corrected chi connectivity index (χ0v) is 14.7. The molecule has 6 nitrogen and oxygen atoms in total. The van der Waals surface area contributed by atoms with Crippen molar-refractivity contribution < 1.29 is 19.4 Å². The number of aryl methyl sites for hydroxylation is 1. The lowest BCUT2D eigenvalue weighted by Gasteiger charge is -2.19. The number of hydrogen-bond acceptors (Lipinski definition) is 4. The van der Waals surface area contributed by atoms with Crippen LogP contribution in [-0.2, 0) is 7.05 Å². The molecule has 3 rings (SSSR count). The van der Waals surface area contributed by atoms with Gasteiger partial charge in [-0.1, -0.05) is 13.8 Å². The molecule has 0 fully saturated rings. The van der Waals surface area contributed by atoms with Crippen LogP contribution >= 0.6 is 15.9 Å². The topological polar surface area (TPSA) is 73.6 Å². The maximum Gasteiger partial charge on any atom is 0.356 e. The minimum absolute atomic E-state index is 0.00245. The molecular formula is C16H17BrN2O4. The fraction of sp³-hybridized carbons (Fsp3) is 0.375. The van der Waals surface area contributed by atoms with Crippen molar-refractivity contribution >= 4 is 21.9 Å². The summed E-state index contributed by atoms with van der Waals surface area (Å²) in [6, 6.07) is 5.24. The molecule has 2 heterocycles. The Hall–Kier alpha value is -2.02. The third-order valence-electron chi connectivity index (χ3n) is 3.65. The van der Waals surface area contributed by atoms with Crippen molar-refractivity contribution in [1.29, 1.82) is 0 Å². The summed E-state index contributed by atoms with van der Waals surface area (Å²) in [6.07, 6.45) is 0. The first-order chi connectivity index (χ1) is 10.8. The van der Waals surface area contributed by atoms with Crippen molar-refractivity contribution in [2.45, 2.75) is 13.8 Å². The molecule has 1 aliphatic rings. The number of aromatic nitrogens is 2. The van der Waals surface area contributed by atoms with Crippen LogP contribution in [0.3, 0.4) is 0 Å². The van der Waals surface area contributed by atoms with Gasteiger partial charge in [0.05, 0.1) is 18.9 Å². The highest BCUT2D eigenvalue weighted by molar-refractivity contribution is 9.10. The van der Waals surface area contributed by atoms with E-state index in [0.29, 0.717) is 30.4 Å². The number of carboxylic acid groups (broad SMARTS) is 1. The average molecular weight is 381 g/mol. The molecule has 0 bridgehead atoms. The minimum Gasteiger partial charge on any atom is -0.489 e. The predicted molar refractivity (Wildman–Crippen MR) is 88.1 cm³/mol. The van der Waals surface area contributed by atoms with Gasteiger partial charge in [0.2, 0.25) is 0 Å². The predicted octanol–water partition coefficient (Wildman–Crippen LogP) is 3.35.